The van der Waals surface area contributed by atoms with Crippen LogP contribution in [0.3, 0.4) is 0 Å². The Kier molecular flexibility index (Phi) is 4.35. The topological polar surface area (TPSA) is 32.3 Å². The quantitative estimate of drug-likeness (QED) is 0.905. The number of amides is 2. The highest BCUT2D eigenvalue weighted by Gasteiger charge is 2.11. The second kappa shape index (κ2) is 6.19. The molecular weight excluding hydrogens is 255 g/mol. The summed E-state index contributed by atoms with van der Waals surface area (Å²) in [5, 5.41) is 2.55. The van der Waals surface area contributed by atoms with Gasteiger partial charge in [-0.3, -0.25) is 0 Å². The normalized spacial score (nSPS) is 10.2. The second-order valence-corrected chi connectivity index (χ2v) is 4.75. The number of anilines is 1. The van der Waals surface area contributed by atoms with Crippen molar-refractivity contribution in [2.24, 2.45) is 0 Å². The van der Waals surface area contributed by atoms with E-state index in [1.165, 1.54) is 22.6 Å². The van der Waals surface area contributed by atoms with E-state index in [9.17, 15) is 9.18 Å². The number of nitrogens with zero attached hydrogens (tertiary/aromatic N) is 1. The molecule has 0 aromatic heterocycles. The highest BCUT2D eigenvalue weighted by Crippen LogP contribution is 2.13. The van der Waals surface area contributed by atoms with E-state index in [0.717, 1.165) is 5.56 Å². The molecule has 2 aromatic carbocycles. The minimum atomic E-state index is -0.440. The van der Waals surface area contributed by atoms with Crippen LogP contribution in [0.1, 0.15) is 11.1 Å². The summed E-state index contributed by atoms with van der Waals surface area (Å²) in [6.45, 7) is 2.49. The number of nitrogens with one attached hydrogen (secondary N) is 1. The Balaban J connectivity index is 1.99. The Labute approximate surface area is 118 Å². The van der Waals surface area contributed by atoms with Crippen LogP contribution in [0.25, 0.3) is 0 Å². The van der Waals surface area contributed by atoms with E-state index < -0.39 is 5.82 Å². The number of urea groups is 1. The third-order valence-corrected chi connectivity index (χ3v) is 3.00. The van der Waals surface area contributed by atoms with Gasteiger partial charge in [-0.25, -0.2) is 9.18 Å². The Morgan fingerprint density at radius 3 is 2.45 bits per heavy atom. The fourth-order valence-corrected chi connectivity index (χ4v) is 1.81. The van der Waals surface area contributed by atoms with E-state index in [1.807, 2.05) is 31.2 Å². The first-order valence-corrected chi connectivity index (χ1v) is 6.38. The molecule has 2 rings (SSSR count). The van der Waals surface area contributed by atoms with Crippen LogP contribution in [-0.2, 0) is 6.54 Å². The molecule has 4 heteroatoms. The lowest BCUT2D eigenvalue weighted by atomic mass is 10.1. The van der Waals surface area contributed by atoms with Gasteiger partial charge in [-0.05, 0) is 24.6 Å². The fraction of sp³-hybridized carbons (Fsp3) is 0.188. The van der Waals surface area contributed by atoms with Gasteiger partial charge in [-0.1, -0.05) is 42.0 Å². The summed E-state index contributed by atoms with van der Waals surface area (Å²) in [6, 6.07) is 13.7. The van der Waals surface area contributed by atoms with Gasteiger partial charge in [0.15, 0.2) is 0 Å². The van der Waals surface area contributed by atoms with Gasteiger partial charge in [0, 0.05) is 13.6 Å². The van der Waals surface area contributed by atoms with Crippen LogP contribution >= 0.6 is 0 Å². The van der Waals surface area contributed by atoms with Gasteiger partial charge in [0.1, 0.15) is 5.82 Å². The molecule has 0 aliphatic rings. The minimum Gasteiger partial charge on any atom is -0.323 e. The first-order chi connectivity index (χ1) is 9.56. The SMILES string of the molecule is Cc1ccc(CN(C)C(=O)Nc2ccccc2F)cc1. The summed E-state index contributed by atoms with van der Waals surface area (Å²) in [5.41, 5.74) is 2.39. The summed E-state index contributed by atoms with van der Waals surface area (Å²) in [6.07, 6.45) is 0. The van der Waals surface area contributed by atoms with Gasteiger partial charge >= 0.3 is 6.03 Å². The molecule has 1 N–H and O–H groups in total. The third kappa shape index (κ3) is 3.57. The Morgan fingerprint density at radius 2 is 1.80 bits per heavy atom. The number of rotatable bonds is 3. The van der Waals surface area contributed by atoms with Crippen LogP contribution in [0.5, 0.6) is 0 Å². The number of benzene rings is 2. The molecule has 0 atom stereocenters. The standard InChI is InChI=1S/C16H17FN2O/c1-12-7-9-13(10-8-12)11-19(2)16(20)18-15-6-4-3-5-14(15)17/h3-10H,11H2,1-2H3,(H,18,20). The molecule has 0 fully saturated rings. The van der Waals surface area contributed by atoms with Gasteiger partial charge in [0.2, 0.25) is 0 Å². The summed E-state index contributed by atoms with van der Waals surface area (Å²) < 4.78 is 13.5. The number of aryl methyl sites for hydroxylation is 1. The predicted octanol–water partition coefficient (Wildman–Crippen LogP) is 3.80. The van der Waals surface area contributed by atoms with Gasteiger partial charge in [0.25, 0.3) is 0 Å². The van der Waals surface area contributed by atoms with E-state index in [0.29, 0.717) is 6.54 Å². The summed E-state index contributed by atoms with van der Waals surface area (Å²) in [7, 11) is 1.68. The number of hydrogen-bond acceptors (Lipinski definition) is 1. The largest absolute Gasteiger partial charge is 0.323 e. The average Bonchev–Trinajstić information content (AvgIpc) is 2.44. The van der Waals surface area contributed by atoms with Crippen LogP contribution in [-0.4, -0.2) is 18.0 Å². The van der Waals surface area contributed by atoms with E-state index >= 15 is 0 Å². The Bertz CT molecular complexity index is 596. The number of halogens is 1. The van der Waals surface area contributed by atoms with Crippen molar-refractivity contribution in [1.29, 1.82) is 0 Å². The number of carbonyl (C=O) groups is 1. The molecule has 0 saturated carbocycles. The summed E-state index contributed by atoms with van der Waals surface area (Å²) in [4.78, 5) is 13.5. The number of hydrogen-bond donors (Lipinski definition) is 1. The first-order valence-electron chi connectivity index (χ1n) is 6.38. The smallest absolute Gasteiger partial charge is 0.321 e. The molecule has 3 nitrogen and oxygen atoms in total. The van der Waals surface area contributed by atoms with Crippen molar-refractivity contribution >= 4 is 11.7 Å². The van der Waals surface area contributed by atoms with Crippen LogP contribution in [0.2, 0.25) is 0 Å². The highest BCUT2D eigenvalue weighted by molar-refractivity contribution is 5.89. The molecule has 0 saturated heterocycles. The maximum Gasteiger partial charge on any atom is 0.321 e. The molecule has 2 aromatic rings. The molecule has 0 bridgehead atoms. The van der Waals surface area contributed by atoms with Crippen molar-refractivity contribution < 1.29 is 9.18 Å². The van der Waals surface area contributed by atoms with Crippen molar-refractivity contribution in [3.05, 3.63) is 65.5 Å². The molecule has 2 amide bonds. The van der Waals surface area contributed by atoms with E-state index in [2.05, 4.69) is 5.32 Å². The van der Waals surface area contributed by atoms with Gasteiger partial charge in [-0.15, -0.1) is 0 Å². The van der Waals surface area contributed by atoms with Crippen molar-refractivity contribution in [1.82, 2.24) is 4.90 Å². The van der Waals surface area contributed by atoms with E-state index in [1.54, 1.807) is 19.2 Å². The highest BCUT2D eigenvalue weighted by atomic mass is 19.1. The monoisotopic (exact) mass is 272 g/mol. The first kappa shape index (κ1) is 14.1. The minimum absolute atomic E-state index is 0.188. The summed E-state index contributed by atoms with van der Waals surface area (Å²) >= 11 is 0. The average molecular weight is 272 g/mol. The van der Waals surface area contributed by atoms with Crippen molar-refractivity contribution in [3.8, 4) is 0 Å². The molecule has 0 radical (unpaired) electrons. The van der Waals surface area contributed by atoms with Crippen molar-refractivity contribution in [3.63, 3.8) is 0 Å². The molecule has 104 valence electrons. The van der Waals surface area contributed by atoms with Crippen LogP contribution < -0.4 is 5.32 Å². The molecule has 0 aliphatic heterocycles. The zero-order valence-corrected chi connectivity index (χ0v) is 11.6. The fourth-order valence-electron chi connectivity index (χ4n) is 1.81. The van der Waals surface area contributed by atoms with Crippen LogP contribution in [0.15, 0.2) is 48.5 Å². The molecule has 0 spiro atoms. The Morgan fingerprint density at radius 1 is 1.15 bits per heavy atom. The predicted molar refractivity (Wildman–Crippen MR) is 78.1 cm³/mol. The van der Waals surface area contributed by atoms with Crippen LogP contribution in [0.4, 0.5) is 14.9 Å². The van der Waals surface area contributed by atoms with E-state index in [-0.39, 0.29) is 11.7 Å². The van der Waals surface area contributed by atoms with Crippen LogP contribution in [0, 0.1) is 12.7 Å². The second-order valence-electron chi connectivity index (χ2n) is 4.75. The zero-order chi connectivity index (χ0) is 14.5. The van der Waals surface area contributed by atoms with Crippen molar-refractivity contribution in [2.75, 3.05) is 12.4 Å². The zero-order valence-electron chi connectivity index (χ0n) is 11.6. The molecule has 0 heterocycles. The maximum atomic E-state index is 13.5. The van der Waals surface area contributed by atoms with Gasteiger partial charge < -0.3 is 10.2 Å². The summed E-state index contributed by atoms with van der Waals surface area (Å²) in [5.74, 6) is -0.440. The number of carbonyl (C=O) groups excluding carboxylic acids is 1. The Hall–Kier alpha value is -2.36. The third-order valence-electron chi connectivity index (χ3n) is 3.00. The maximum absolute atomic E-state index is 13.5. The lowest BCUT2D eigenvalue weighted by Gasteiger charge is -2.18. The van der Waals surface area contributed by atoms with Gasteiger partial charge in [0.05, 0.1) is 5.69 Å². The number of para-hydroxylation sites is 1. The molecule has 20 heavy (non-hydrogen) atoms. The van der Waals surface area contributed by atoms with E-state index in [4.69, 9.17) is 0 Å². The lowest BCUT2D eigenvalue weighted by molar-refractivity contribution is 0.220. The lowest BCUT2D eigenvalue weighted by Crippen LogP contribution is -2.31. The van der Waals surface area contributed by atoms with Crippen molar-refractivity contribution in [2.45, 2.75) is 13.5 Å². The molecular formula is C16H17FN2O. The van der Waals surface area contributed by atoms with Gasteiger partial charge in [-0.2, -0.15) is 0 Å². The molecule has 0 unspecified atom stereocenters. The molecule has 0 aliphatic carbocycles.